The van der Waals surface area contributed by atoms with Gasteiger partial charge in [0.25, 0.3) is 6.71 Å². The molecule has 1 saturated carbocycles. The van der Waals surface area contributed by atoms with Crippen molar-refractivity contribution in [2.45, 2.75) is 180 Å². The highest BCUT2D eigenvalue weighted by molar-refractivity contribution is 7.26. The standard InChI is InChI=1S/C82H86BN3S/c1-76(2,3)53-30-34-56(35-31-53)84(57-36-32-54(33-37-57)77(4,5)6)58-38-39-65-68(48-58)85(67-50-63-62(79(10,11)42-43-80(63,12)13)49-61(67)51-24-17-16-18-25-51)69-44-52(59-27-23-29-72-73(59)60-26-19-20-28-71(60)87-72)45-70-74(69)83(65)66-47-55(78(7,8)9)46-64-75(66)86(70)82(15)41-22-21-40-81(64,82)14/h16-20,23-39,44-50H,21-22,40-43H2,1-15H3. The Morgan fingerprint density at radius 3 is 1.68 bits per heavy atom. The maximum Gasteiger partial charge on any atom is 0.252 e. The predicted molar refractivity (Wildman–Crippen MR) is 378 cm³/mol. The van der Waals surface area contributed by atoms with Crippen molar-refractivity contribution in [2.24, 2.45) is 0 Å². The quantitative estimate of drug-likeness (QED) is 0.154. The summed E-state index contributed by atoms with van der Waals surface area (Å²) in [5, 5.41) is 2.68. The third-order valence-electron chi connectivity index (χ3n) is 22.1. The third-order valence-corrected chi connectivity index (χ3v) is 23.3. The lowest BCUT2D eigenvalue weighted by atomic mass is 9.33. The molecule has 0 spiro atoms. The fourth-order valence-electron chi connectivity index (χ4n) is 16.6. The molecule has 1 aromatic heterocycles. The number of hydrogen-bond acceptors (Lipinski definition) is 4. The zero-order chi connectivity index (χ0) is 60.7. The molecule has 5 heteroatoms. The van der Waals surface area contributed by atoms with Gasteiger partial charge in [0.15, 0.2) is 0 Å². The molecule has 5 aliphatic rings. The van der Waals surface area contributed by atoms with E-state index in [9.17, 15) is 0 Å². The lowest BCUT2D eigenvalue weighted by Gasteiger charge is -2.53. The second-order valence-corrected chi connectivity index (χ2v) is 32.6. The summed E-state index contributed by atoms with van der Waals surface area (Å²) < 4.78 is 2.66. The van der Waals surface area contributed by atoms with Crippen molar-refractivity contribution in [1.29, 1.82) is 0 Å². The van der Waals surface area contributed by atoms with E-state index in [0.29, 0.717) is 0 Å². The minimum absolute atomic E-state index is 0.00165. The van der Waals surface area contributed by atoms with Crippen molar-refractivity contribution in [2.75, 3.05) is 14.7 Å². The smallest absolute Gasteiger partial charge is 0.252 e. The lowest BCUT2D eigenvalue weighted by molar-refractivity contribution is 0.195. The van der Waals surface area contributed by atoms with Crippen molar-refractivity contribution in [3.63, 3.8) is 0 Å². The first kappa shape index (κ1) is 56.2. The van der Waals surface area contributed by atoms with Gasteiger partial charge >= 0.3 is 0 Å². The molecule has 10 aromatic rings. The fraction of sp³-hybridized carbons (Fsp3) is 0.341. The molecule has 0 radical (unpaired) electrons. The van der Waals surface area contributed by atoms with Gasteiger partial charge in [0.1, 0.15) is 0 Å². The van der Waals surface area contributed by atoms with E-state index < -0.39 is 0 Å². The Morgan fingerprint density at radius 2 is 1.02 bits per heavy atom. The van der Waals surface area contributed by atoms with Crippen molar-refractivity contribution < 1.29 is 0 Å². The maximum atomic E-state index is 2.95. The van der Waals surface area contributed by atoms with Gasteiger partial charge in [-0.25, -0.2) is 0 Å². The largest absolute Gasteiger partial charge is 0.335 e. The molecule has 0 amide bonds. The molecule has 1 fully saturated rings. The Bertz CT molecular complexity index is 4390. The SMILES string of the molecule is CC(C)(C)c1ccc(N(c2ccc(C(C)(C)C)cc2)c2ccc3c(c2)N(c2cc4c(cc2-c2ccccc2)C(C)(C)CCC4(C)C)c2cc(-c4cccc5sc6ccccc6c45)cc4c2B3c2cc(C(C)(C)C)cc3c2N4C2(C)CCCCC32C)cc1. The van der Waals surface area contributed by atoms with Gasteiger partial charge in [0.2, 0.25) is 0 Å². The molecule has 0 N–H and O–H groups in total. The Morgan fingerprint density at radius 1 is 0.437 bits per heavy atom. The number of rotatable bonds is 6. The van der Waals surface area contributed by atoms with E-state index in [0.717, 1.165) is 36.3 Å². The summed E-state index contributed by atoms with van der Waals surface area (Å²) in [6.45, 7) is 36.5. The van der Waals surface area contributed by atoms with Crippen LogP contribution in [0.3, 0.4) is 0 Å². The van der Waals surface area contributed by atoms with Crippen molar-refractivity contribution in [3.05, 3.63) is 209 Å². The summed E-state index contributed by atoms with van der Waals surface area (Å²) in [5.41, 5.74) is 27.6. The molecule has 3 nitrogen and oxygen atoms in total. The van der Waals surface area contributed by atoms with Crippen LogP contribution in [-0.2, 0) is 32.5 Å². The highest BCUT2D eigenvalue weighted by Crippen LogP contribution is 2.63. The number of hydrogen-bond donors (Lipinski definition) is 0. The summed E-state index contributed by atoms with van der Waals surface area (Å²) in [7, 11) is 0. The molecular weight excluding hydrogens is 1070 g/mol. The van der Waals surface area contributed by atoms with Crippen LogP contribution in [0, 0.1) is 0 Å². The van der Waals surface area contributed by atoms with Gasteiger partial charge in [0.05, 0.1) is 11.2 Å². The number of thiophene rings is 1. The lowest BCUT2D eigenvalue weighted by Crippen LogP contribution is -2.64. The molecule has 2 aliphatic carbocycles. The van der Waals surface area contributed by atoms with E-state index in [1.807, 2.05) is 11.3 Å². The van der Waals surface area contributed by atoms with E-state index in [1.54, 1.807) is 5.56 Å². The van der Waals surface area contributed by atoms with E-state index in [4.69, 9.17) is 0 Å². The molecule has 2 unspecified atom stereocenters. The number of fused-ring (bicyclic) bond motifs is 11. The first-order valence-corrected chi connectivity index (χ1v) is 33.3. The van der Waals surface area contributed by atoms with Gasteiger partial charge < -0.3 is 14.7 Å². The molecule has 15 rings (SSSR count). The van der Waals surface area contributed by atoms with Crippen molar-refractivity contribution in [3.8, 4) is 22.3 Å². The third kappa shape index (κ3) is 8.47. The molecule has 0 saturated heterocycles. The van der Waals surface area contributed by atoms with Crippen LogP contribution < -0.4 is 31.1 Å². The van der Waals surface area contributed by atoms with Gasteiger partial charge in [0, 0.05) is 71.0 Å². The Balaban J connectivity index is 1.11. The summed E-state index contributed by atoms with van der Waals surface area (Å²) in [5.74, 6) is 0. The molecule has 4 heterocycles. The minimum Gasteiger partial charge on any atom is -0.335 e. The molecule has 3 aliphatic heterocycles. The summed E-state index contributed by atoms with van der Waals surface area (Å²) in [4.78, 5) is 8.28. The van der Waals surface area contributed by atoms with E-state index in [-0.39, 0.29) is 44.7 Å². The maximum absolute atomic E-state index is 2.95. The Hall–Kier alpha value is -7.34. The zero-order valence-electron chi connectivity index (χ0n) is 54.3. The van der Waals surface area contributed by atoms with Crippen LogP contribution in [-0.4, -0.2) is 12.3 Å². The highest BCUT2D eigenvalue weighted by Gasteiger charge is 2.62. The highest BCUT2D eigenvalue weighted by atomic mass is 32.1. The van der Waals surface area contributed by atoms with E-state index >= 15 is 0 Å². The van der Waals surface area contributed by atoms with Crippen LogP contribution in [0.25, 0.3) is 42.4 Å². The van der Waals surface area contributed by atoms with Crippen LogP contribution >= 0.6 is 11.3 Å². The predicted octanol–water partition coefficient (Wildman–Crippen LogP) is 21.5. The van der Waals surface area contributed by atoms with E-state index in [1.165, 1.54) is 134 Å². The second-order valence-electron chi connectivity index (χ2n) is 31.6. The summed E-state index contributed by atoms with van der Waals surface area (Å²) in [6.07, 6.45) is 7.04. The van der Waals surface area contributed by atoms with Crippen LogP contribution in [0.15, 0.2) is 176 Å². The normalized spacial score (nSPS) is 19.8. The van der Waals surface area contributed by atoms with Crippen LogP contribution in [0.2, 0.25) is 0 Å². The average Bonchev–Trinajstić information content (AvgIpc) is 1.57. The van der Waals surface area contributed by atoms with Crippen LogP contribution in [0.1, 0.15) is 176 Å². The number of benzene rings is 9. The van der Waals surface area contributed by atoms with Gasteiger partial charge in [-0.15, -0.1) is 11.3 Å². The van der Waals surface area contributed by atoms with Crippen molar-refractivity contribution in [1.82, 2.24) is 0 Å². The number of anilines is 8. The number of nitrogens with zero attached hydrogens (tertiary/aromatic N) is 3. The first-order chi connectivity index (χ1) is 41.2. The van der Waals surface area contributed by atoms with Gasteiger partial charge in [-0.3, -0.25) is 0 Å². The Labute approximate surface area is 523 Å². The fourth-order valence-corrected chi connectivity index (χ4v) is 17.8. The van der Waals surface area contributed by atoms with Gasteiger partial charge in [-0.05, 0) is 199 Å². The zero-order valence-corrected chi connectivity index (χ0v) is 55.1. The Kier molecular flexibility index (Phi) is 12.3. The van der Waals surface area contributed by atoms with E-state index in [2.05, 4.69) is 294 Å². The molecular formula is C82H86BN3S. The summed E-state index contributed by atoms with van der Waals surface area (Å²) >= 11 is 1.92. The van der Waals surface area contributed by atoms with Crippen LogP contribution in [0.4, 0.5) is 45.5 Å². The average molecular weight is 1160 g/mol. The molecule has 87 heavy (non-hydrogen) atoms. The monoisotopic (exact) mass is 1160 g/mol. The second kappa shape index (κ2) is 19.1. The minimum atomic E-state index is -0.158. The molecule has 9 aromatic carbocycles. The molecule has 0 bridgehead atoms. The van der Waals surface area contributed by atoms with Crippen molar-refractivity contribution >= 4 is 100 Å². The molecule has 2 atom stereocenters. The van der Waals surface area contributed by atoms with Gasteiger partial charge in [-0.2, -0.15) is 0 Å². The summed E-state index contributed by atoms with van der Waals surface area (Å²) in [6, 6.07) is 70.0. The topological polar surface area (TPSA) is 9.72 Å². The van der Waals surface area contributed by atoms with Crippen LogP contribution in [0.5, 0.6) is 0 Å². The van der Waals surface area contributed by atoms with Gasteiger partial charge in [-0.1, -0.05) is 213 Å². The first-order valence-electron chi connectivity index (χ1n) is 32.5. The molecule has 438 valence electrons.